The smallest absolute Gasteiger partial charge is 0.248 e. The Balaban J connectivity index is 1.50. The molecule has 148 valence electrons. The van der Waals surface area contributed by atoms with Gasteiger partial charge < -0.3 is 4.52 Å². The van der Waals surface area contributed by atoms with Gasteiger partial charge in [-0.15, -0.1) is 0 Å². The number of hydrogen-bond acceptors (Lipinski definition) is 6. The van der Waals surface area contributed by atoms with Gasteiger partial charge in [0.25, 0.3) is 0 Å². The SMILES string of the molecule is O=S(=O)(c1c(F)cccc1F)N1CCCC(Cc2nc(-c3ccsc3)no2)C1. The van der Waals surface area contributed by atoms with Crippen LogP contribution in [-0.2, 0) is 16.4 Å². The summed E-state index contributed by atoms with van der Waals surface area (Å²) >= 11 is 1.53. The van der Waals surface area contributed by atoms with Gasteiger partial charge in [0, 0.05) is 30.5 Å². The maximum atomic E-state index is 14.0. The minimum absolute atomic E-state index is 0.0749. The molecule has 0 spiro atoms. The fourth-order valence-electron chi connectivity index (χ4n) is 3.36. The summed E-state index contributed by atoms with van der Waals surface area (Å²) in [6, 6.07) is 4.92. The van der Waals surface area contributed by atoms with Gasteiger partial charge in [0.15, 0.2) is 4.90 Å². The Bertz CT molecular complexity index is 1050. The largest absolute Gasteiger partial charge is 0.339 e. The van der Waals surface area contributed by atoms with Crippen LogP contribution >= 0.6 is 11.3 Å². The fourth-order valence-corrected chi connectivity index (χ4v) is 5.66. The summed E-state index contributed by atoms with van der Waals surface area (Å²) in [6.07, 6.45) is 1.76. The zero-order valence-corrected chi connectivity index (χ0v) is 16.3. The van der Waals surface area contributed by atoms with Crippen molar-refractivity contribution in [3.8, 4) is 11.4 Å². The van der Waals surface area contributed by atoms with Crippen molar-refractivity contribution in [2.75, 3.05) is 13.1 Å². The molecule has 28 heavy (non-hydrogen) atoms. The molecule has 0 N–H and O–H groups in total. The first kappa shape index (κ1) is 19.2. The Morgan fingerprint density at radius 1 is 1.25 bits per heavy atom. The van der Waals surface area contributed by atoms with Gasteiger partial charge in [-0.2, -0.15) is 20.6 Å². The molecule has 1 aliphatic rings. The van der Waals surface area contributed by atoms with Crippen LogP contribution in [0.15, 0.2) is 44.4 Å². The van der Waals surface area contributed by atoms with E-state index in [4.69, 9.17) is 4.52 Å². The van der Waals surface area contributed by atoms with E-state index < -0.39 is 26.6 Å². The quantitative estimate of drug-likeness (QED) is 0.623. The molecule has 1 aromatic carbocycles. The van der Waals surface area contributed by atoms with E-state index in [-0.39, 0.29) is 19.0 Å². The fraction of sp³-hybridized carbons (Fsp3) is 0.333. The molecule has 4 rings (SSSR count). The van der Waals surface area contributed by atoms with E-state index in [0.29, 0.717) is 24.6 Å². The van der Waals surface area contributed by atoms with Crippen LogP contribution in [0.5, 0.6) is 0 Å². The minimum atomic E-state index is -4.26. The Labute approximate surface area is 164 Å². The molecule has 0 radical (unpaired) electrons. The summed E-state index contributed by atoms with van der Waals surface area (Å²) in [5, 5.41) is 7.78. The zero-order valence-electron chi connectivity index (χ0n) is 14.7. The van der Waals surface area contributed by atoms with Gasteiger partial charge in [0.1, 0.15) is 11.6 Å². The molecule has 0 bridgehead atoms. The summed E-state index contributed by atoms with van der Waals surface area (Å²) in [5.41, 5.74) is 0.864. The lowest BCUT2D eigenvalue weighted by atomic mass is 9.96. The first-order valence-electron chi connectivity index (χ1n) is 8.74. The molecular formula is C18H17F2N3O3S2. The second-order valence-corrected chi connectivity index (χ2v) is 9.30. The second kappa shape index (κ2) is 7.69. The Hall–Kier alpha value is -2.17. The standard InChI is InChI=1S/C18H17F2N3O3S2/c19-14-4-1-5-15(20)17(14)28(24,25)23-7-2-3-12(10-23)9-16-21-18(22-26-16)13-6-8-27-11-13/h1,4-6,8,11-12H,2-3,7,9-10H2. The van der Waals surface area contributed by atoms with Crippen molar-refractivity contribution in [3.63, 3.8) is 0 Å². The number of nitrogens with zero attached hydrogens (tertiary/aromatic N) is 3. The molecular weight excluding hydrogens is 408 g/mol. The summed E-state index contributed by atoms with van der Waals surface area (Å²) in [4.78, 5) is 3.47. The summed E-state index contributed by atoms with van der Waals surface area (Å²) in [5.74, 6) is -1.33. The number of rotatable bonds is 5. The second-order valence-electron chi connectivity index (χ2n) is 6.65. The van der Waals surface area contributed by atoms with Gasteiger partial charge in [-0.3, -0.25) is 0 Å². The third kappa shape index (κ3) is 3.71. The van der Waals surface area contributed by atoms with Crippen LogP contribution in [-0.4, -0.2) is 36.0 Å². The predicted molar refractivity (Wildman–Crippen MR) is 99.2 cm³/mol. The molecule has 0 amide bonds. The van der Waals surface area contributed by atoms with Crippen LogP contribution in [0.3, 0.4) is 0 Å². The van der Waals surface area contributed by atoms with Crippen molar-refractivity contribution in [1.82, 2.24) is 14.4 Å². The molecule has 3 aromatic rings. The molecule has 1 fully saturated rings. The van der Waals surface area contributed by atoms with Gasteiger partial charge in [0.05, 0.1) is 0 Å². The summed E-state index contributed by atoms with van der Waals surface area (Å²) in [6.45, 7) is 0.364. The van der Waals surface area contributed by atoms with E-state index in [9.17, 15) is 17.2 Å². The first-order chi connectivity index (χ1) is 13.4. The molecule has 6 nitrogen and oxygen atoms in total. The molecule has 1 aliphatic heterocycles. The van der Waals surface area contributed by atoms with Crippen molar-refractivity contribution in [3.05, 3.63) is 52.6 Å². The number of halogens is 2. The predicted octanol–water partition coefficient (Wildman–Crippen LogP) is 3.72. The number of hydrogen-bond donors (Lipinski definition) is 0. The van der Waals surface area contributed by atoms with Gasteiger partial charge in [0.2, 0.25) is 21.7 Å². The Kier molecular flexibility index (Phi) is 5.26. The number of thiophene rings is 1. The van der Waals surface area contributed by atoms with Gasteiger partial charge in [-0.1, -0.05) is 11.2 Å². The van der Waals surface area contributed by atoms with E-state index in [2.05, 4.69) is 10.1 Å². The monoisotopic (exact) mass is 425 g/mol. The summed E-state index contributed by atoms with van der Waals surface area (Å²) in [7, 11) is -4.26. The van der Waals surface area contributed by atoms with Crippen molar-refractivity contribution < 1.29 is 21.7 Å². The highest BCUT2D eigenvalue weighted by Crippen LogP contribution is 2.29. The van der Waals surface area contributed by atoms with Crippen molar-refractivity contribution in [2.24, 2.45) is 5.92 Å². The lowest BCUT2D eigenvalue weighted by Gasteiger charge is -2.31. The highest BCUT2D eigenvalue weighted by Gasteiger charge is 2.34. The maximum absolute atomic E-state index is 14.0. The van der Waals surface area contributed by atoms with E-state index in [1.54, 1.807) is 0 Å². The highest BCUT2D eigenvalue weighted by atomic mass is 32.2. The van der Waals surface area contributed by atoms with Crippen molar-refractivity contribution >= 4 is 21.4 Å². The van der Waals surface area contributed by atoms with Crippen LogP contribution in [0, 0.1) is 17.6 Å². The molecule has 10 heteroatoms. The molecule has 3 heterocycles. The Morgan fingerprint density at radius 2 is 2.04 bits per heavy atom. The van der Waals surface area contributed by atoms with Crippen LogP contribution in [0.1, 0.15) is 18.7 Å². The number of benzene rings is 1. The van der Waals surface area contributed by atoms with E-state index in [1.807, 2.05) is 16.8 Å². The number of piperidine rings is 1. The van der Waals surface area contributed by atoms with Gasteiger partial charge in [-0.25, -0.2) is 17.2 Å². The minimum Gasteiger partial charge on any atom is -0.339 e. The van der Waals surface area contributed by atoms with Gasteiger partial charge >= 0.3 is 0 Å². The number of aromatic nitrogens is 2. The third-order valence-electron chi connectivity index (χ3n) is 4.71. The third-order valence-corrected chi connectivity index (χ3v) is 7.31. The zero-order chi connectivity index (χ0) is 19.7. The molecule has 1 saturated heterocycles. The molecule has 2 aromatic heterocycles. The van der Waals surface area contributed by atoms with Crippen LogP contribution < -0.4 is 0 Å². The van der Waals surface area contributed by atoms with Crippen molar-refractivity contribution in [1.29, 1.82) is 0 Å². The van der Waals surface area contributed by atoms with Crippen LogP contribution in [0.4, 0.5) is 8.78 Å². The van der Waals surface area contributed by atoms with Crippen LogP contribution in [0.25, 0.3) is 11.4 Å². The highest BCUT2D eigenvalue weighted by molar-refractivity contribution is 7.89. The molecule has 1 unspecified atom stereocenters. The normalized spacial score (nSPS) is 18.4. The van der Waals surface area contributed by atoms with E-state index in [0.717, 1.165) is 34.5 Å². The Morgan fingerprint density at radius 3 is 2.75 bits per heavy atom. The van der Waals surface area contributed by atoms with E-state index in [1.165, 1.54) is 11.3 Å². The van der Waals surface area contributed by atoms with Crippen molar-refractivity contribution in [2.45, 2.75) is 24.2 Å². The lowest BCUT2D eigenvalue weighted by Crippen LogP contribution is -2.41. The topological polar surface area (TPSA) is 76.3 Å². The average molecular weight is 425 g/mol. The van der Waals surface area contributed by atoms with E-state index >= 15 is 0 Å². The summed E-state index contributed by atoms with van der Waals surface area (Å²) < 4.78 is 60.0. The molecule has 0 aliphatic carbocycles. The van der Waals surface area contributed by atoms with Crippen LogP contribution in [0.2, 0.25) is 0 Å². The molecule has 0 saturated carbocycles. The average Bonchev–Trinajstić information content (AvgIpc) is 3.33. The number of sulfonamides is 1. The molecule has 1 atom stereocenters. The maximum Gasteiger partial charge on any atom is 0.248 e. The first-order valence-corrected chi connectivity index (χ1v) is 11.1. The lowest BCUT2D eigenvalue weighted by molar-refractivity contribution is 0.246. The van der Waals surface area contributed by atoms with Gasteiger partial charge in [-0.05, 0) is 42.3 Å².